The van der Waals surface area contributed by atoms with Crippen molar-refractivity contribution in [1.29, 1.82) is 0 Å². The summed E-state index contributed by atoms with van der Waals surface area (Å²) in [5, 5.41) is 0. The molecule has 2 N–H and O–H groups in total. The van der Waals surface area contributed by atoms with E-state index in [2.05, 4.69) is 4.90 Å². The Bertz CT molecular complexity index is 477. The van der Waals surface area contributed by atoms with Gasteiger partial charge < -0.3 is 15.5 Å². The number of carbonyl (C=O) groups excluding carboxylic acids is 1. The van der Waals surface area contributed by atoms with Gasteiger partial charge in [-0.2, -0.15) is 0 Å². The Hall–Kier alpha value is -1.62. The summed E-state index contributed by atoms with van der Waals surface area (Å²) < 4.78 is 12.9. The fourth-order valence-corrected chi connectivity index (χ4v) is 2.58. The second-order valence-electron chi connectivity index (χ2n) is 5.87. The van der Waals surface area contributed by atoms with Crippen molar-refractivity contribution < 1.29 is 9.18 Å². The molecule has 1 unspecified atom stereocenters. The Morgan fingerprint density at radius 1 is 1.24 bits per heavy atom. The second-order valence-corrected chi connectivity index (χ2v) is 5.87. The highest BCUT2D eigenvalue weighted by atomic mass is 19.1. The van der Waals surface area contributed by atoms with Gasteiger partial charge in [0.15, 0.2) is 0 Å². The number of amides is 1. The number of anilines is 1. The zero-order valence-corrected chi connectivity index (χ0v) is 12.8. The number of rotatable bonds is 4. The van der Waals surface area contributed by atoms with Crippen molar-refractivity contribution in [2.24, 2.45) is 11.1 Å². The van der Waals surface area contributed by atoms with Crippen molar-refractivity contribution in [3.05, 3.63) is 30.1 Å². The van der Waals surface area contributed by atoms with Gasteiger partial charge in [0.1, 0.15) is 5.82 Å². The number of nitrogens with zero attached hydrogens (tertiary/aromatic N) is 2. The minimum Gasteiger partial charge on any atom is -0.368 e. The van der Waals surface area contributed by atoms with Gasteiger partial charge >= 0.3 is 0 Å². The lowest BCUT2D eigenvalue weighted by molar-refractivity contribution is -0.141. The molecule has 1 fully saturated rings. The lowest BCUT2D eigenvalue weighted by Gasteiger charge is -2.40. The van der Waals surface area contributed by atoms with Crippen LogP contribution in [0.5, 0.6) is 0 Å². The fourth-order valence-electron chi connectivity index (χ4n) is 2.58. The van der Waals surface area contributed by atoms with E-state index in [0.29, 0.717) is 19.6 Å². The maximum absolute atomic E-state index is 12.9. The number of piperazine rings is 1. The summed E-state index contributed by atoms with van der Waals surface area (Å²) in [7, 11) is 0. The molecule has 0 bridgehead atoms. The Kier molecular flexibility index (Phi) is 4.83. The van der Waals surface area contributed by atoms with Crippen LogP contribution >= 0.6 is 0 Å². The number of hydrogen-bond donors (Lipinski definition) is 1. The van der Waals surface area contributed by atoms with Crippen molar-refractivity contribution in [1.82, 2.24) is 4.90 Å². The maximum Gasteiger partial charge on any atom is 0.229 e. The van der Waals surface area contributed by atoms with Crippen LogP contribution in [-0.4, -0.2) is 43.5 Å². The summed E-state index contributed by atoms with van der Waals surface area (Å²) in [5.41, 5.74) is 6.30. The number of benzene rings is 1. The fraction of sp³-hybridized carbons (Fsp3) is 0.562. The van der Waals surface area contributed by atoms with E-state index in [1.165, 1.54) is 12.1 Å². The van der Waals surface area contributed by atoms with Gasteiger partial charge in [0.2, 0.25) is 5.91 Å². The number of carbonyl (C=O) groups is 1. The lowest BCUT2D eigenvalue weighted by atomic mass is 9.86. The predicted molar refractivity (Wildman–Crippen MR) is 82.6 cm³/mol. The van der Waals surface area contributed by atoms with Gasteiger partial charge in [0.25, 0.3) is 0 Å². The largest absolute Gasteiger partial charge is 0.368 e. The molecule has 4 nitrogen and oxygen atoms in total. The Morgan fingerprint density at radius 3 is 2.29 bits per heavy atom. The van der Waals surface area contributed by atoms with Gasteiger partial charge in [0.05, 0.1) is 5.41 Å². The second kappa shape index (κ2) is 6.43. The lowest BCUT2D eigenvalue weighted by Crippen LogP contribution is -2.54. The number of hydrogen-bond acceptors (Lipinski definition) is 3. The highest BCUT2D eigenvalue weighted by Crippen LogP contribution is 2.24. The Labute approximate surface area is 125 Å². The molecule has 1 aromatic carbocycles. The summed E-state index contributed by atoms with van der Waals surface area (Å²) in [6.07, 6.45) is 0.751. The summed E-state index contributed by atoms with van der Waals surface area (Å²) in [6.45, 7) is 7.21. The average Bonchev–Trinajstić information content (AvgIpc) is 2.54. The molecule has 0 saturated carbocycles. The van der Waals surface area contributed by atoms with Crippen LogP contribution in [0.4, 0.5) is 10.1 Å². The van der Waals surface area contributed by atoms with Gasteiger partial charge in [-0.05, 0) is 37.6 Å². The van der Waals surface area contributed by atoms with Crippen molar-refractivity contribution in [2.75, 3.05) is 37.6 Å². The van der Waals surface area contributed by atoms with Crippen LogP contribution in [0.3, 0.4) is 0 Å². The third-order valence-electron chi connectivity index (χ3n) is 4.51. The van der Waals surface area contributed by atoms with Gasteiger partial charge in [-0.3, -0.25) is 4.79 Å². The normalized spacial score (nSPS) is 18.5. The monoisotopic (exact) mass is 293 g/mol. The first-order chi connectivity index (χ1) is 10.00. The Morgan fingerprint density at radius 2 is 1.81 bits per heavy atom. The first-order valence-corrected chi connectivity index (χ1v) is 7.50. The van der Waals surface area contributed by atoms with Crippen LogP contribution in [0, 0.1) is 11.2 Å². The molecule has 0 radical (unpaired) electrons. The van der Waals surface area contributed by atoms with Gasteiger partial charge in [-0.25, -0.2) is 4.39 Å². The molecule has 0 aliphatic carbocycles. The SMILES string of the molecule is CCC(C)(CN)C(=O)N1CCN(c2ccc(F)cc2)CC1. The summed E-state index contributed by atoms with van der Waals surface area (Å²) in [4.78, 5) is 16.6. The quantitative estimate of drug-likeness (QED) is 0.921. The van der Waals surface area contributed by atoms with Crippen LogP contribution in [0.15, 0.2) is 24.3 Å². The first kappa shape index (κ1) is 15.8. The van der Waals surface area contributed by atoms with Gasteiger partial charge in [-0.15, -0.1) is 0 Å². The molecule has 5 heteroatoms. The van der Waals surface area contributed by atoms with E-state index in [1.807, 2.05) is 18.7 Å². The van der Waals surface area contributed by atoms with E-state index in [1.54, 1.807) is 12.1 Å². The molecule has 2 rings (SSSR count). The smallest absolute Gasteiger partial charge is 0.229 e. The van der Waals surface area contributed by atoms with Crippen LogP contribution < -0.4 is 10.6 Å². The molecule has 1 aliphatic heterocycles. The topological polar surface area (TPSA) is 49.6 Å². The molecule has 1 saturated heterocycles. The van der Waals surface area contributed by atoms with E-state index in [4.69, 9.17) is 5.73 Å². The summed E-state index contributed by atoms with van der Waals surface area (Å²) >= 11 is 0. The third-order valence-corrected chi connectivity index (χ3v) is 4.51. The van der Waals surface area contributed by atoms with E-state index < -0.39 is 5.41 Å². The van der Waals surface area contributed by atoms with Crippen LogP contribution in [0.2, 0.25) is 0 Å². The van der Waals surface area contributed by atoms with E-state index >= 15 is 0 Å². The van der Waals surface area contributed by atoms with Crippen molar-refractivity contribution in [3.63, 3.8) is 0 Å². The zero-order valence-electron chi connectivity index (χ0n) is 12.8. The molecule has 1 atom stereocenters. The van der Waals surface area contributed by atoms with E-state index in [9.17, 15) is 9.18 Å². The highest BCUT2D eigenvalue weighted by Gasteiger charge is 2.35. The van der Waals surface area contributed by atoms with Crippen LogP contribution in [0.1, 0.15) is 20.3 Å². The molecule has 0 spiro atoms. The maximum atomic E-state index is 12.9. The molecule has 1 heterocycles. The van der Waals surface area contributed by atoms with Crippen molar-refractivity contribution >= 4 is 11.6 Å². The predicted octanol–water partition coefficient (Wildman–Crippen LogP) is 1.85. The molecule has 116 valence electrons. The standard InChI is InChI=1S/C16H24FN3O/c1-3-16(2,12-18)15(21)20-10-8-19(9-11-20)14-6-4-13(17)5-7-14/h4-7H,3,8-12,18H2,1-2H3. The molecule has 21 heavy (non-hydrogen) atoms. The van der Waals surface area contributed by atoms with Crippen LogP contribution in [-0.2, 0) is 4.79 Å². The average molecular weight is 293 g/mol. The van der Waals surface area contributed by atoms with Crippen molar-refractivity contribution in [3.8, 4) is 0 Å². The first-order valence-electron chi connectivity index (χ1n) is 7.50. The third kappa shape index (κ3) is 3.35. The zero-order chi connectivity index (χ0) is 15.5. The Balaban J connectivity index is 1.97. The van der Waals surface area contributed by atoms with E-state index in [0.717, 1.165) is 25.2 Å². The minimum atomic E-state index is -0.460. The van der Waals surface area contributed by atoms with Crippen molar-refractivity contribution in [2.45, 2.75) is 20.3 Å². The molecular formula is C16H24FN3O. The molecule has 1 aromatic rings. The molecule has 0 aromatic heterocycles. The van der Waals surface area contributed by atoms with Crippen LogP contribution in [0.25, 0.3) is 0 Å². The number of nitrogens with two attached hydrogens (primary N) is 1. The number of halogens is 1. The molecule has 1 aliphatic rings. The molecule has 1 amide bonds. The summed E-state index contributed by atoms with van der Waals surface area (Å²) in [5.74, 6) is -0.0829. The van der Waals surface area contributed by atoms with Gasteiger partial charge in [0, 0.05) is 38.4 Å². The minimum absolute atomic E-state index is 0.145. The molecular weight excluding hydrogens is 269 g/mol. The highest BCUT2D eigenvalue weighted by molar-refractivity contribution is 5.82. The van der Waals surface area contributed by atoms with E-state index in [-0.39, 0.29) is 11.7 Å². The van der Waals surface area contributed by atoms with Gasteiger partial charge in [-0.1, -0.05) is 6.92 Å². The summed E-state index contributed by atoms with van der Waals surface area (Å²) in [6, 6.07) is 6.50.